The summed E-state index contributed by atoms with van der Waals surface area (Å²) in [5.41, 5.74) is 2.84. The van der Waals surface area contributed by atoms with Crippen LogP contribution in [-0.4, -0.2) is 40.6 Å². The summed E-state index contributed by atoms with van der Waals surface area (Å²) in [6, 6.07) is 10.1. The molecule has 2 N–H and O–H groups in total. The molecule has 1 unspecified atom stereocenters. The van der Waals surface area contributed by atoms with Crippen LogP contribution in [0.2, 0.25) is 0 Å². The lowest BCUT2D eigenvalue weighted by molar-refractivity contribution is 0.397. The second-order valence-electron chi connectivity index (χ2n) is 6.72. The predicted molar refractivity (Wildman–Crippen MR) is 112 cm³/mol. The van der Waals surface area contributed by atoms with Gasteiger partial charge >= 0.3 is 0 Å². The molecule has 1 aromatic carbocycles. The van der Waals surface area contributed by atoms with Gasteiger partial charge in [0.15, 0.2) is 0 Å². The van der Waals surface area contributed by atoms with Crippen LogP contribution in [0.25, 0.3) is 11.3 Å². The van der Waals surface area contributed by atoms with Gasteiger partial charge in [-0.25, -0.2) is 19.9 Å². The maximum absolute atomic E-state index is 5.50. The summed E-state index contributed by atoms with van der Waals surface area (Å²) in [6.07, 6.45) is 5.05. The molecule has 28 heavy (non-hydrogen) atoms. The van der Waals surface area contributed by atoms with Crippen LogP contribution < -0.4 is 15.4 Å². The van der Waals surface area contributed by atoms with Crippen molar-refractivity contribution in [3.63, 3.8) is 0 Å². The van der Waals surface area contributed by atoms with Crippen molar-refractivity contribution < 1.29 is 4.74 Å². The number of methoxy groups -OCH3 is 1. The Labute approximate surface area is 165 Å². The predicted octanol–water partition coefficient (Wildman–Crippen LogP) is 3.84. The topological polar surface area (TPSA) is 84.9 Å². The first kappa shape index (κ1) is 19.5. The van der Waals surface area contributed by atoms with Crippen LogP contribution in [0.5, 0.6) is 5.75 Å². The Kier molecular flexibility index (Phi) is 6.37. The number of hydrogen-bond acceptors (Lipinski definition) is 7. The van der Waals surface area contributed by atoms with E-state index in [0.29, 0.717) is 17.8 Å². The van der Waals surface area contributed by atoms with E-state index in [2.05, 4.69) is 50.5 Å². The van der Waals surface area contributed by atoms with Gasteiger partial charge in [0.1, 0.15) is 17.9 Å². The van der Waals surface area contributed by atoms with Crippen molar-refractivity contribution in [2.75, 3.05) is 31.3 Å². The third-order valence-corrected chi connectivity index (χ3v) is 4.93. The molecule has 0 aliphatic heterocycles. The fraction of sp³-hybridized carbons (Fsp3) is 0.333. The molecular formula is C21H26N6O. The highest BCUT2D eigenvalue weighted by atomic mass is 16.5. The summed E-state index contributed by atoms with van der Waals surface area (Å²) in [5.74, 6) is 3.01. The molecule has 3 rings (SSSR count). The van der Waals surface area contributed by atoms with Gasteiger partial charge in [0.25, 0.3) is 0 Å². The maximum Gasteiger partial charge on any atom is 0.222 e. The summed E-state index contributed by atoms with van der Waals surface area (Å²) in [5, 5.41) is 6.33. The van der Waals surface area contributed by atoms with Crippen LogP contribution in [0, 0.1) is 5.92 Å². The van der Waals surface area contributed by atoms with E-state index >= 15 is 0 Å². The Morgan fingerprint density at radius 2 is 1.79 bits per heavy atom. The normalized spacial score (nSPS) is 12.9. The van der Waals surface area contributed by atoms with Crippen molar-refractivity contribution in [1.29, 1.82) is 0 Å². The van der Waals surface area contributed by atoms with E-state index in [4.69, 9.17) is 4.74 Å². The van der Waals surface area contributed by atoms with Crippen LogP contribution >= 0.6 is 0 Å². The highest BCUT2D eigenvalue weighted by molar-refractivity contribution is 5.60. The molecular weight excluding hydrogens is 352 g/mol. The number of anilines is 2. The van der Waals surface area contributed by atoms with E-state index in [1.54, 1.807) is 32.9 Å². The van der Waals surface area contributed by atoms with Gasteiger partial charge in [-0.1, -0.05) is 32.0 Å². The van der Waals surface area contributed by atoms with Crippen LogP contribution in [0.1, 0.15) is 25.3 Å². The largest absolute Gasteiger partial charge is 0.496 e. The zero-order chi connectivity index (χ0) is 19.9. The average molecular weight is 378 g/mol. The van der Waals surface area contributed by atoms with Gasteiger partial charge in [-0.3, -0.25) is 0 Å². The summed E-state index contributed by atoms with van der Waals surface area (Å²) in [7, 11) is 3.50. The zero-order valence-electron chi connectivity index (χ0n) is 16.7. The smallest absolute Gasteiger partial charge is 0.222 e. The number of aromatic nitrogens is 4. The minimum Gasteiger partial charge on any atom is -0.496 e. The van der Waals surface area contributed by atoms with Gasteiger partial charge in [-0.05, 0) is 23.5 Å². The maximum atomic E-state index is 5.50. The van der Waals surface area contributed by atoms with Gasteiger partial charge in [-0.15, -0.1) is 0 Å². The third kappa shape index (κ3) is 4.54. The molecule has 0 saturated heterocycles. The molecule has 0 aliphatic carbocycles. The summed E-state index contributed by atoms with van der Waals surface area (Å²) < 4.78 is 5.50. The molecule has 0 spiro atoms. The average Bonchev–Trinajstić information content (AvgIpc) is 2.77. The lowest BCUT2D eigenvalue weighted by Gasteiger charge is -2.23. The molecule has 7 heteroatoms. The van der Waals surface area contributed by atoms with Crippen LogP contribution in [0.4, 0.5) is 11.8 Å². The number of nitrogens with one attached hydrogen (secondary N) is 2. The molecule has 0 saturated carbocycles. The van der Waals surface area contributed by atoms with Crippen molar-refractivity contribution in [1.82, 2.24) is 19.9 Å². The fourth-order valence-corrected chi connectivity index (χ4v) is 2.99. The van der Waals surface area contributed by atoms with Gasteiger partial charge in [-0.2, -0.15) is 0 Å². The van der Waals surface area contributed by atoms with E-state index in [1.165, 1.54) is 5.56 Å². The van der Waals surface area contributed by atoms with Crippen molar-refractivity contribution in [2.24, 2.45) is 5.92 Å². The lowest BCUT2D eigenvalue weighted by atomic mass is 9.88. The molecule has 0 fully saturated rings. The quantitative estimate of drug-likeness (QED) is 0.616. The molecule has 0 radical (unpaired) electrons. The molecule has 2 aromatic heterocycles. The van der Waals surface area contributed by atoms with E-state index in [0.717, 1.165) is 29.4 Å². The fourth-order valence-electron chi connectivity index (χ4n) is 2.99. The Bertz CT molecular complexity index is 899. The summed E-state index contributed by atoms with van der Waals surface area (Å²) in [6.45, 7) is 5.22. The van der Waals surface area contributed by atoms with Crippen molar-refractivity contribution >= 4 is 11.8 Å². The van der Waals surface area contributed by atoms with Crippen molar-refractivity contribution in [2.45, 2.75) is 19.8 Å². The SMILES string of the molecule is CNc1ncc(-c2cc(NC[C@@H](C)C(C)c3ccccc3OC)ncn2)cn1. The molecule has 2 heterocycles. The lowest BCUT2D eigenvalue weighted by Crippen LogP contribution is -2.18. The number of hydrogen-bond donors (Lipinski definition) is 2. The van der Waals surface area contributed by atoms with Crippen molar-refractivity contribution in [3.8, 4) is 17.0 Å². The van der Waals surface area contributed by atoms with Crippen LogP contribution in [0.3, 0.4) is 0 Å². The number of ether oxygens (including phenoxy) is 1. The molecule has 2 atom stereocenters. The number of nitrogens with zero attached hydrogens (tertiary/aromatic N) is 4. The highest BCUT2D eigenvalue weighted by Crippen LogP contribution is 2.31. The Balaban J connectivity index is 1.67. The Morgan fingerprint density at radius 3 is 2.50 bits per heavy atom. The number of rotatable bonds is 8. The van der Waals surface area contributed by atoms with Crippen LogP contribution in [0.15, 0.2) is 49.1 Å². The molecule has 0 bridgehead atoms. The van der Waals surface area contributed by atoms with Crippen LogP contribution in [-0.2, 0) is 0 Å². The highest BCUT2D eigenvalue weighted by Gasteiger charge is 2.18. The van der Waals surface area contributed by atoms with E-state index in [1.807, 2.05) is 24.3 Å². The Hall–Kier alpha value is -3.22. The minimum atomic E-state index is 0.340. The first-order chi connectivity index (χ1) is 13.6. The van der Waals surface area contributed by atoms with Gasteiger partial charge < -0.3 is 15.4 Å². The Morgan fingerprint density at radius 1 is 1.04 bits per heavy atom. The third-order valence-electron chi connectivity index (χ3n) is 4.93. The minimum absolute atomic E-state index is 0.340. The van der Waals surface area contributed by atoms with Gasteiger partial charge in [0.2, 0.25) is 5.95 Å². The molecule has 146 valence electrons. The number of para-hydroxylation sites is 1. The monoisotopic (exact) mass is 378 g/mol. The van der Waals surface area contributed by atoms with Crippen molar-refractivity contribution in [3.05, 3.63) is 54.6 Å². The van der Waals surface area contributed by atoms with E-state index in [9.17, 15) is 0 Å². The van der Waals surface area contributed by atoms with E-state index in [-0.39, 0.29) is 0 Å². The number of benzene rings is 1. The van der Waals surface area contributed by atoms with E-state index < -0.39 is 0 Å². The molecule has 3 aromatic rings. The first-order valence-electron chi connectivity index (χ1n) is 9.31. The standard InChI is InChI=1S/C21H26N6O/c1-14(15(2)17-7-5-6-8-19(17)28-4)10-23-20-9-18(26-13-27-20)16-11-24-21(22-3)25-12-16/h5-9,11-15H,10H2,1-4H3,(H,22,24,25)(H,23,26,27)/t14-,15?/m1/s1. The second-order valence-corrected chi connectivity index (χ2v) is 6.72. The molecule has 0 aliphatic rings. The van der Waals surface area contributed by atoms with Gasteiger partial charge in [0.05, 0.1) is 12.8 Å². The van der Waals surface area contributed by atoms with Gasteiger partial charge in [0, 0.05) is 37.6 Å². The zero-order valence-corrected chi connectivity index (χ0v) is 16.7. The second kappa shape index (κ2) is 9.12. The first-order valence-corrected chi connectivity index (χ1v) is 9.31. The summed E-state index contributed by atoms with van der Waals surface area (Å²) >= 11 is 0. The molecule has 0 amide bonds. The molecule has 7 nitrogen and oxygen atoms in total. The summed E-state index contributed by atoms with van der Waals surface area (Å²) in [4.78, 5) is 17.1.